The van der Waals surface area contributed by atoms with Gasteiger partial charge in [-0.2, -0.15) is 5.26 Å². The van der Waals surface area contributed by atoms with E-state index in [4.69, 9.17) is 10.00 Å². The van der Waals surface area contributed by atoms with Crippen LogP contribution < -0.4 is 4.74 Å². The van der Waals surface area contributed by atoms with Crippen molar-refractivity contribution in [3.63, 3.8) is 0 Å². The highest BCUT2D eigenvalue weighted by molar-refractivity contribution is 5.82. The highest BCUT2D eigenvalue weighted by Gasteiger charge is 2.06. The lowest BCUT2D eigenvalue weighted by Gasteiger charge is -2.15. The van der Waals surface area contributed by atoms with E-state index in [1.807, 2.05) is 49.2 Å². The number of nitriles is 1. The monoisotopic (exact) mass is 260 g/mol. The number of carbonyl (C=O) groups is 1. The minimum absolute atomic E-state index is 0.00655. The molecule has 0 bridgehead atoms. The summed E-state index contributed by atoms with van der Waals surface area (Å²) in [6, 6.07) is 9.87. The van der Waals surface area contributed by atoms with Crippen LogP contribution in [-0.2, 0) is 11.2 Å². The molecule has 0 fully saturated rings. The van der Waals surface area contributed by atoms with E-state index in [2.05, 4.69) is 0 Å². The molecular weight excluding hydrogens is 240 g/mol. The van der Waals surface area contributed by atoms with Gasteiger partial charge >= 0.3 is 0 Å². The third-order valence-electron chi connectivity index (χ3n) is 2.74. The Balaban J connectivity index is 2.35. The van der Waals surface area contributed by atoms with Crippen LogP contribution >= 0.6 is 0 Å². The molecule has 0 heterocycles. The second kappa shape index (κ2) is 8.28. The highest BCUT2D eigenvalue weighted by atomic mass is 16.5. The van der Waals surface area contributed by atoms with E-state index in [9.17, 15) is 4.79 Å². The molecule has 102 valence electrons. The molecule has 0 unspecified atom stereocenters. The van der Waals surface area contributed by atoms with E-state index in [0.717, 1.165) is 18.7 Å². The van der Waals surface area contributed by atoms with E-state index in [1.165, 1.54) is 5.56 Å². The van der Waals surface area contributed by atoms with Crippen molar-refractivity contribution < 1.29 is 9.53 Å². The van der Waals surface area contributed by atoms with Gasteiger partial charge in [-0.05, 0) is 38.1 Å². The standard InChI is InChI=1S/C15H20N2O2/c1-3-19-15-6-4-13(5-7-15)9-11-17(2)12-14(18)8-10-16/h4-7H,3,8-9,11-12H2,1-2H3. The third-order valence-corrected chi connectivity index (χ3v) is 2.74. The summed E-state index contributed by atoms with van der Waals surface area (Å²) in [5.74, 6) is 0.848. The summed E-state index contributed by atoms with van der Waals surface area (Å²) >= 11 is 0. The van der Waals surface area contributed by atoms with Crippen molar-refractivity contribution in [1.29, 1.82) is 5.26 Å². The Morgan fingerprint density at radius 3 is 2.63 bits per heavy atom. The number of hydrogen-bond acceptors (Lipinski definition) is 4. The van der Waals surface area contributed by atoms with Gasteiger partial charge in [0.2, 0.25) is 0 Å². The van der Waals surface area contributed by atoms with Crippen LogP contribution in [-0.4, -0.2) is 37.4 Å². The molecule has 19 heavy (non-hydrogen) atoms. The maximum atomic E-state index is 11.3. The van der Waals surface area contributed by atoms with Gasteiger partial charge in [-0.25, -0.2) is 0 Å². The second-order valence-electron chi connectivity index (χ2n) is 4.44. The number of likely N-dealkylation sites (N-methyl/N-ethyl adjacent to an activating group) is 1. The molecule has 0 radical (unpaired) electrons. The number of hydrogen-bond donors (Lipinski definition) is 0. The van der Waals surface area contributed by atoms with Crippen molar-refractivity contribution >= 4 is 5.78 Å². The van der Waals surface area contributed by atoms with Gasteiger partial charge in [0.25, 0.3) is 0 Å². The maximum Gasteiger partial charge on any atom is 0.160 e. The van der Waals surface area contributed by atoms with Crippen LogP contribution in [0.5, 0.6) is 5.75 Å². The zero-order chi connectivity index (χ0) is 14.1. The molecule has 1 rings (SSSR count). The lowest BCUT2D eigenvalue weighted by atomic mass is 10.1. The van der Waals surface area contributed by atoms with E-state index in [-0.39, 0.29) is 12.2 Å². The van der Waals surface area contributed by atoms with Gasteiger partial charge in [0.1, 0.15) is 5.75 Å². The Bertz CT molecular complexity index is 434. The molecule has 4 nitrogen and oxygen atoms in total. The minimum atomic E-state index is -0.0308. The largest absolute Gasteiger partial charge is 0.494 e. The Morgan fingerprint density at radius 2 is 2.05 bits per heavy atom. The number of Topliss-reactive ketones (excluding diaryl/α,β-unsaturated/α-hetero) is 1. The zero-order valence-corrected chi connectivity index (χ0v) is 11.6. The van der Waals surface area contributed by atoms with Crippen molar-refractivity contribution in [3.8, 4) is 11.8 Å². The SMILES string of the molecule is CCOc1ccc(CCN(C)CC(=O)CC#N)cc1. The molecule has 0 atom stereocenters. The quantitative estimate of drug-likeness (QED) is 0.717. The average Bonchev–Trinajstić information content (AvgIpc) is 2.38. The van der Waals surface area contributed by atoms with Crippen LogP contribution in [0.15, 0.2) is 24.3 Å². The summed E-state index contributed by atoms with van der Waals surface area (Å²) in [5, 5.41) is 8.43. The van der Waals surface area contributed by atoms with Gasteiger partial charge in [0.05, 0.1) is 25.6 Å². The normalized spacial score (nSPS) is 10.2. The van der Waals surface area contributed by atoms with Gasteiger partial charge in [0, 0.05) is 6.54 Å². The fourth-order valence-corrected chi connectivity index (χ4v) is 1.76. The molecule has 0 saturated carbocycles. The second-order valence-corrected chi connectivity index (χ2v) is 4.44. The Labute approximate surface area is 114 Å². The number of carbonyl (C=O) groups excluding carboxylic acids is 1. The summed E-state index contributed by atoms with van der Waals surface area (Å²) < 4.78 is 5.38. The predicted molar refractivity (Wildman–Crippen MR) is 74.0 cm³/mol. The average molecular weight is 260 g/mol. The molecule has 0 aromatic heterocycles. The fourth-order valence-electron chi connectivity index (χ4n) is 1.76. The van der Waals surface area contributed by atoms with Crippen LogP contribution in [0.25, 0.3) is 0 Å². The van der Waals surface area contributed by atoms with E-state index < -0.39 is 0 Å². The zero-order valence-electron chi connectivity index (χ0n) is 11.6. The van der Waals surface area contributed by atoms with Crippen molar-refractivity contribution in [2.45, 2.75) is 19.8 Å². The summed E-state index contributed by atoms with van der Waals surface area (Å²) in [7, 11) is 1.89. The van der Waals surface area contributed by atoms with Gasteiger partial charge in [0.15, 0.2) is 5.78 Å². The van der Waals surface area contributed by atoms with Gasteiger partial charge in [-0.15, -0.1) is 0 Å². The molecule has 0 N–H and O–H groups in total. The molecule has 1 aromatic carbocycles. The Morgan fingerprint density at radius 1 is 1.37 bits per heavy atom. The number of nitrogens with zero attached hydrogens (tertiary/aromatic N) is 2. The van der Waals surface area contributed by atoms with Crippen LogP contribution in [0.3, 0.4) is 0 Å². The summed E-state index contributed by atoms with van der Waals surface area (Å²) in [6.07, 6.45) is 0.871. The number of rotatable bonds is 8. The van der Waals surface area contributed by atoms with Crippen molar-refractivity contribution in [2.24, 2.45) is 0 Å². The van der Waals surface area contributed by atoms with Crippen LogP contribution in [0.4, 0.5) is 0 Å². The first kappa shape index (κ1) is 15.2. The lowest BCUT2D eigenvalue weighted by molar-refractivity contribution is -0.118. The van der Waals surface area contributed by atoms with E-state index >= 15 is 0 Å². The molecule has 0 aliphatic rings. The van der Waals surface area contributed by atoms with E-state index in [1.54, 1.807) is 0 Å². The lowest BCUT2D eigenvalue weighted by Crippen LogP contribution is -2.27. The molecule has 0 aliphatic heterocycles. The first-order chi connectivity index (χ1) is 9.15. The topological polar surface area (TPSA) is 53.3 Å². The number of ether oxygens (including phenoxy) is 1. The molecule has 1 aromatic rings. The maximum absolute atomic E-state index is 11.3. The fraction of sp³-hybridized carbons (Fsp3) is 0.467. The first-order valence-corrected chi connectivity index (χ1v) is 6.44. The Kier molecular flexibility index (Phi) is 6.62. The highest BCUT2D eigenvalue weighted by Crippen LogP contribution is 2.12. The van der Waals surface area contributed by atoms with E-state index in [0.29, 0.717) is 13.2 Å². The van der Waals surface area contributed by atoms with Crippen LogP contribution in [0.2, 0.25) is 0 Å². The minimum Gasteiger partial charge on any atom is -0.494 e. The number of benzene rings is 1. The van der Waals surface area contributed by atoms with Crippen molar-refractivity contribution in [3.05, 3.63) is 29.8 Å². The molecule has 0 spiro atoms. The molecular formula is C15H20N2O2. The predicted octanol–water partition coefficient (Wildman–Crippen LogP) is 2.04. The summed E-state index contributed by atoms with van der Waals surface area (Å²) in [5.41, 5.74) is 1.21. The molecule has 4 heteroatoms. The molecule has 0 aliphatic carbocycles. The van der Waals surface area contributed by atoms with Crippen LogP contribution in [0, 0.1) is 11.3 Å². The third kappa shape index (κ3) is 6.03. The summed E-state index contributed by atoms with van der Waals surface area (Å²) in [4.78, 5) is 13.2. The molecule has 0 amide bonds. The van der Waals surface area contributed by atoms with Crippen molar-refractivity contribution in [2.75, 3.05) is 26.7 Å². The van der Waals surface area contributed by atoms with Gasteiger partial charge < -0.3 is 4.74 Å². The molecule has 0 saturated heterocycles. The smallest absolute Gasteiger partial charge is 0.160 e. The Hall–Kier alpha value is -1.86. The van der Waals surface area contributed by atoms with Crippen LogP contribution in [0.1, 0.15) is 18.9 Å². The summed E-state index contributed by atoms with van der Waals surface area (Å²) in [6.45, 7) is 3.76. The van der Waals surface area contributed by atoms with Crippen molar-refractivity contribution in [1.82, 2.24) is 4.90 Å². The van der Waals surface area contributed by atoms with Gasteiger partial charge in [-0.1, -0.05) is 12.1 Å². The van der Waals surface area contributed by atoms with Gasteiger partial charge in [-0.3, -0.25) is 9.69 Å². The number of ketones is 1. The first-order valence-electron chi connectivity index (χ1n) is 6.44.